The zero-order chi connectivity index (χ0) is 20.5. The third kappa shape index (κ3) is 3.46. The van der Waals surface area contributed by atoms with Crippen LogP contribution >= 0.6 is 11.6 Å². The lowest BCUT2D eigenvalue weighted by atomic mass is 9.92. The minimum Gasteiger partial charge on any atom is -0.493 e. The zero-order valence-corrected chi connectivity index (χ0v) is 16.1. The fraction of sp³-hybridized carbons (Fsp3) is 0.211. The Hall–Kier alpha value is -3.26. The van der Waals surface area contributed by atoms with Crippen LogP contribution < -0.4 is 25.4 Å². The van der Waals surface area contributed by atoms with Gasteiger partial charge in [0.25, 0.3) is 11.8 Å². The molecule has 1 unspecified atom stereocenters. The van der Waals surface area contributed by atoms with Gasteiger partial charge in [-0.3, -0.25) is 14.9 Å². The minimum atomic E-state index is -1.22. The van der Waals surface area contributed by atoms with Crippen molar-refractivity contribution in [2.45, 2.75) is 12.5 Å². The van der Waals surface area contributed by atoms with Crippen molar-refractivity contribution in [1.82, 2.24) is 10.6 Å². The van der Waals surface area contributed by atoms with E-state index in [2.05, 4.69) is 16.0 Å². The van der Waals surface area contributed by atoms with E-state index in [0.717, 1.165) is 0 Å². The topological polar surface area (TPSA) is 106 Å². The van der Waals surface area contributed by atoms with Gasteiger partial charge in [-0.1, -0.05) is 23.7 Å². The molecule has 1 atom stereocenters. The summed E-state index contributed by atoms with van der Waals surface area (Å²) in [5, 5.41) is 7.77. The van der Waals surface area contributed by atoms with Crippen molar-refractivity contribution in [3.63, 3.8) is 0 Å². The number of anilines is 1. The number of halogens is 1. The molecule has 2 aromatic rings. The van der Waals surface area contributed by atoms with Gasteiger partial charge in [-0.25, -0.2) is 4.79 Å². The van der Waals surface area contributed by atoms with E-state index in [0.29, 0.717) is 22.7 Å². The van der Waals surface area contributed by atoms with Crippen molar-refractivity contribution in [1.29, 1.82) is 0 Å². The number of carbonyl (C=O) groups excluding carboxylic acids is 3. The van der Waals surface area contributed by atoms with Crippen LogP contribution in [0.3, 0.4) is 0 Å². The normalized spacial score (nSPS) is 18.3. The van der Waals surface area contributed by atoms with Crippen molar-refractivity contribution < 1.29 is 23.9 Å². The predicted octanol–water partition coefficient (Wildman–Crippen LogP) is 2.66. The summed E-state index contributed by atoms with van der Waals surface area (Å²) in [5.74, 6) is -0.233. The first-order valence-electron chi connectivity index (χ1n) is 8.25. The van der Waals surface area contributed by atoms with Crippen LogP contribution in [0.4, 0.5) is 10.5 Å². The summed E-state index contributed by atoms with van der Waals surface area (Å²) in [6.45, 7) is 1.59. The molecule has 0 spiro atoms. The lowest BCUT2D eigenvalue weighted by Crippen LogP contribution is -2.40. The number of rotatable bonds is 5. The number of benzene rings is 2. The summed E-state index contributed by atoms with van der Waals surface area (Å²) in [5.41, 5.74) is 0.0264. The van der Waals surface area contributed by atoms with E-state index in [1.165, 1.54) is 26.4 Å². The van der Waals surface area contributed by atoms with Crippen LogP contribution in [0.15, 0.2) is 36.4 Å². The first kappa shape index (κ1) is 19.5. The van der Waals surface area contributed by atoms with Crippen molar-refractivity contribution in [3.05, 3.63) is 52.5 Å². The number of urea groups is 1. The summed E-state index contributed by atoms with van der Waals surface area (Å²) in [4.78, 5) is 36.2. The van der Waals surface area contributed by atoms with Crippen LogP contribution in [0, 0.1) is 0 Å². The zero-order valence-electron chi connectivity index (χ0n) is 15.4. The number of hydrogen-bond acceptors (Lipinski definition) is 5. The highest BCUT2D eigenvalue weighted by Gasteiger charge is 2.43. The Morgan fingerprint density at radius 3 is 2.50 bits per heavy atom. The molecule has 4 amide bonds. The quantitative estimate of drug-likeness (QED) is 0.665. The Kier molecular flexibility index (Phi) is 5.15. The van der Waals surface area contributed by atoms with Crippen LogP contribution in [0.1, 0.15) is 22.8 Å². The fourth-order valence-electron chi connectivity index (χ4n) is 2.91. The van der Waals surface area contributed by atoms with Crippen molar-refractivity contribution in [2.24, 2.45) is 0 Å². The lowest BCUT2D eigenvalue weighted by molar-refractivity contribution is -0.123. The number of ether oxygens (including phenoxy) is 2. The number of hydrogen-bond donors (Lipinski definition) is 3. The van der Waals surface area contributed by atoms with E-state index in [1.54, 1.807) is 31.2 Å². The van der Waals surface area contributed by atoms with Gasteiger partial charge in [0.15, 0.2) is 11.5 Å². The molecule has 146 valence electrons. The second kappa shape index (κ2) is 7.40. The molecule has 3 rings (SSSR count). The Bertz CT molecular complexity index is 978. The smallest absolute Gasteiger partial charge is 0.322 e. The molecule has 1 saturated heterocycles. The Labute approximate surface area is 166 Å². The second-order valence-corrected chi connectivity index (χ2v) is 6.67. The Morgan fingerprint density at radius 1 is 1.14 bits per heavy atom. The molecule has 0 aromatic heterocycles. The summed E-state index contributed by atoms with van der Waals surface area (Å²) >= 11 is 6.15. The van der Waals surface area contributed by atoms with Crippen LogP contribution in [-0.4, -0.2) is 32.1 Å². The molecule has 8 nitrogen and oxygen atoms in total. The molecule has 1 heterocycles. The summed E-state index contributed by atoms with van der Waals surface area (Å²) in [7, 11) is 2.90. The molecule has 9 heteroatoms. The van der Waals surface area contributed by atoms with Gasteiger partial charge in [-0.15, -0.1) is 0 Å². The number of nitrogens with one attached hydrogen (secondary N) is 3. The third-order valence-electron chi connectivity index (χ3n) is 4.44. The molecule has 28 heavy (non-hydrogen) atoms. The van der Waals surface area contributed by atoms with E-state index < -0.39 is 23.4 Å². The average molecular weight is 404 g/mol. The van der Waals surface area contributed by atoms with Gasteiger partial charge in [0.2, 0.25) is 0 Å². The summed E-state index contributed by atoms with van der Waals surface area (Å²) < 4.78 is 10.4. The van der Waals surface area contributed by atoms with E-state index in [-0.39, 0.29) is 10.6 Å². The van der Waals surface area contributed by atoms with Crippen LogP contribution in [0.5, 0.6) is 11.5 Å². The maximum atomic E-state index is 12.6. The first-order valence-corrected chi connectivity index (χ1v) is 8.63. The van der Waals surface area contributed by atoms with Crippen LogP contribution in [-0.2, 0) is 10.3 Å². The van der Waals surface area contributed by atoms with Crippen LogP contribution in [0.25, 0.3) is 0 Å². The highest BCUT2D eigenvalue weighted by molar-refractivity contribution is 6.32. The Morgan fingerprint density at radius 2 is 1.89 bits per heavy atom. The lowest BCUT2D eigenvalue weighted by Gasteiger charge is -2.21. The van der Waals surface area contributed by atoms with Crippen molar-refractivity contribution in [3.8, 4) is 11.5 Å². The molecule has 2 aromatic carbocycles. The number of methoxy groups -OCH3 is 2. The number of carbonyl (C=O) groups is 3. The van der Waals surface area contributed by atoms with Crippen molar-refractivity contribution in [2.75, 3.05) is 19.5 Å². The third-order valence-corrected chi connectivity index (χ3v) is 4.72. The first-order chi connectivity index (χ1) is 13.3. The highest BCUT2D eigenvalue weighted by atomic mass is 35.5. The predicted molar refractivity (Wildman–Crippen MR) is 103 cm³/mol. The maximum absolute atomic E-state index is 12.6. The summed E-state index contributed by atoms with van der Waals surface area (Å²) in [6, 6.07) is 9.06. The largest absolute Gasteiger partial charge is 0.493 e. The van der Waals surface area contributed by atoms with Gasteiger partial charge in [-0.05, 0) is 36.8 Å². The molecule has 1 fully saturated rings. The molecular weight excluding hydrogens is 386 g/mol. The number of amides is 4. The second-order valence-electron chi connectivity index (χ2n) is 6.26. The molecule has 0 bridgehead atoms. The standard InChI is InChI=1S/C19H18ClN3O5/c1-19(17(25)22-18(26)23-19)11-5-4-6-12(9-11)21-16(24)10-7-13(20)15(28-3)14(8-10)27-2/h4-9H,1-3H3,(H,21,24)(H2,22,23,25,26). The maximum Gasteiger partial charge on any atom is 0.322 e. The monoisotopic (exact) mass is 403 g/mol. The molecule has 1 aliphatic rings. The summed E-state index contributed by atoms with van der Waals surface area (Å²) in [6.07, 6.45) is 0. The van der Waals surface area contributed by atoms with E-state index >= 15 is 0 Å². The Balaban J connectivity index is 1.87. The van der Waals surface area contributed by atoms with E-state index in [1.807, 2.05) is 0 Å². The fourth-order valence-corrected chi connectivity index (χ4v) is 3.19. The SMILES string of the molecule is COc1cc(C(=O)Nc2cccc(C3(C)NC(=O)NC3=O)c2)cc(Cl)c1OC. The molecule has 0 radical (unpaired) electrons. The van der Waals surface area contributed by atoms with Gasteiger partial charge >= 0.3 is 6.03 Å². The molecular formula is C19H18ClN3O5. The van der Waals surface area contributed by atoms with Gasteiger partial charge in [0, 0.05) is 11.3 Å². The minimum absolute atomic E-state index is 0.235. The number of imide groups is 1. The van der Waals surface area contributed by atoms with E-state index in [9.17, 15) is 14.4 Å². The molecule has 3 N–H and O–H groups in total. The molecule has 0 saturated carbocycles. The van der Waals surface area contributed by atoms with Gasteiger partial charge in [0.1, 0.15) is 5.54 Å². The van der Waals surface area contributed by atoms with Crippen LogP contribution in [0.2, 0.25) is 5.02 Å². The van der Waals surface area contributed by atoms with Gasteiger partial charge in [-0.2, -0.15) is 0 Å². The van der Waals surface area contributed by atoms with E-state index in [4.69, 9.17) is 21.1 Å². The highest BCUT2D eigenvalue weighted by Crippen LogP contribution is 2.36. The average Bonchev–Trinajstić information content (AvgIpc) is 2.93. The van der Waals surface area contributed by atoms with Crippen molar-refractivity contribution >= 4 is 35.1 Å². The van der Waals surface area contributed by atoms with Gasteiger partial charge in [0.05, 0.1) is 19.2 Å². The molecule has 0 aliphatic carbocycles. The molecule has 1 aliphatic heterocycles. The van der Waals surface area contributed by atoms with Gasteiger partial charge < -0.3 is 20.1 Å².